The predicted molar refractivity (Wildman–Crippen MR) is 82.6 cm³/mol. The Balaban J connectivity index is 2.93. The lowest BCUT2D eigenvalue weighted by Crippen LogP contribution is -2.42. The highest BCUT2D eigenvalue weighted by atomic mass is 32.2. The molecule has 0 aliphatic carbocycles. The van der Waals surface area contributed by atoms with Crippen molar-refractivity contribution >= 4 is 23.6 Å². The van der Waals surface area contributed by atoms with Crippen LogP contribution in [0.4, 0.5) is 0 Å². The summed E-state index contributed by atoms with van der Waals surface area (Å²) in [6.07, 6.45) is 1.71. The molecule has 0 radical (unpaired) electrons. The van der Waals surface area contributed by atoms with Crippen LogP contribution in [-0.2, 0) is 16.1 Å². The van der Waals surface area contributed by atoms with Crippen molar-refractivity contribution in [2.24, 2.45) is 0 Å². The van der Waals surface area contributed by atoms with Gasteiger partial charge < -0.3 is 15.0 Å². The Hall–Kier alpha value is -1.50. The second-order valence-electron chi connectivity index (χ2n) is 6.19. The number of nitrogens with one attached hydrogen (secondary N) is 1. The molecule has 6 nitrogen and oxygen atoms in total. The van der Waals surface area contributed by atoms with Crippen LogP contribution in [0.15, 0.2) is 11.4 Å². The highest BCUT2D eigenvalue weighted by molar-refractivity contribution is 7.99. The first kappa shape index (κ1) is 17.6. The van der Waals surface area contributed by atoms with Gasteiger partial charge >= 0.3 is 5.97 Å². The molecule has 0 atom stereocenters. The van der Waals surface area contributed by atoms with Crippen LogP contribution >= 0.6 is 11.8 Å². The van der Waals surface area contributed by atoms with Gasteiger partial charge in [-0.15, -0.1) is 0 Å². The quantitative estimate of drug-likeness (QED) is 0.786. The first-order valence-electron chi connectivity index (χ1n) is 6.81. The maximum absolute atomic E-state index is 12.1. The van der Waals surface area contributed by atoms with Gasteiger partial charge in [0.15, 0.2) is 5.16 Å². The molecule has 0 fully saturated rings. The Morgan fingerprint density at radius 2 is 2.05 bits per heavy atom. The van der Waals surface area contributed by atoms with Crippen molar-refractivity contribution in [3.63, 3.8) is 0 Å². The summed E-state index contributed by atoms with van der Waals surface area (Å²) in [5.41, 5.74) is 0.622. The fourth-order valence-electron chi connectivity index (χ4n) is 1.83. The molecular weight excluding hydrogens is 290 g/mol. The molecule has 0 saturated heterocycles. The molecule has 0 bridgehead atoms. The second-order valence-corrected chi connectivity index (χ2v) is 7.13. The average molecular weight is 313 g/mol. The Morgan fingerprint density at radius 3 is 2.52 bits per heavy atom. The molecular formula is C14H23N3O3S. The Kier molecular flexibility index (Phi) is 5.83. The van der Waals surface area contributed by atoms with Crippen molar-refractivity contribution in [1.82, 2.24) is 14.9 Å². The third-order valence-electron chi connectivity index (χ3n) is 2.58. The molecule has 1 amide bonds. The van der Waals surface area contributed by atoms with E-state index in [2.05, 4.69) is 10.3 Å². The van der Waals surface area contributed by atoms with Crippen molar-refractivity contribution in [1.29, 1.82) is 0 Å². The van der Waals surface area contributed by atoms with E-state index >= 15 is 0 Å². The number of aliphatic carboxylic acids is 1. The molecule has 7 heteroatoms. The highest BCUT2D eigenvalue weighted by Crippen LogP contribution is 2.23. The molecule has 0 aliphatic heterocycles. The van der Waals surface area contributed by atoms with Crippen LogP contribution in [0, 0.1) is 0 Å². The predicted octanol–water partition coefficient (Wildman–Crippen LogP) is 2.10. The monoisotopic (exact) mass is 313 g/mol. The molecule has 1 aromatic rings. The minimum absolute atomic E-state index is 0.0740. The van der Waals surface area contributed by atoms with E-state index in [1.54, 1.807) is 10.8 Å². The van der Waals surface area contributed by atoms with Gasteiger partial charge in [-0.2, -0.15) is 0 Å². The number of rotatable bonds is 6. The number of nitrogens with zero attached hydrogens (tertiary/aromatic N) is 2. The first-order valence-corrected chi connectivity index (χ1v) is 7.79. The lowest BCUT2D eigenvalue weighted by atomic mass is 10.1. The van der Waals surface area contributed by atoms with Crippen molar-refractivity contribution in [2.45, 2.75) is 57.8 Å². The van der Waals surface area contributed by atoms with Crippen LogP contribution in [0.25, 0.3) is 0 Å². The topological polar surface area (TPSA) is 84.2 Å². The number of carbonyl (C=O) groups is 2. The fourth-order valence-corrected chi connectivity index (χ4v) is 2.54. The summed E-state index contributed by atoms with van der Waals surface area (Å²) in [5, 5.41) is 12.2. The standard InChI is InChI=1S/C14H23N3O3S/c1-9(2)10-6-15-13(21-8-12(19)20)17(10)7-11(18)16-14(3,4)5/h6,9H,7-8H2,1-5H3,(H,16,18)(H,19,20). The Bertz CT molecular complexity index is 518. The summed E-state index contributed by atoms with van der Waals surface area (Å²) >= 11 is 1.13. The molecule has 0 saturated carbocycles. The van der Waals surface area contributed by atoms with Gasteiger partial charge in [-0.05, 0) is 26.7 Å². The van der Waals surface area contributed by atoms with Gasteiger partial charge in [0.25, 0.3) is 0 Å². The summed E-state index contributed by atoms with van der Waals surface area (Å²) in [4.78, 5) is 27.0. The first-order chi connectivity index (χ1) is 9.60. The average Bonchev–Trinajstić information content (AvgIpc) is 2.66. The lowest BCUT2D eigenvalue weighted by Gasteiger charge is -2.22. The van der Waals surface area contributed by atoms with Crippen LogP contribution < -0.4 is 5.32 Å². The number of hydrogen-bond acceptors (Lipinski definition) is 4. The van der Waals surface area contributed by atoms with Gasteiger partial charge in [0, 0.05) is 17.4 Å². The van der Waals surface area contributed by atoms with E-state index in [1.807, 2.05) is 34.6 Å². The molecule has 1 aromatic heterocycles. The SMILES string of the molecule is CC(C)c1cnc(SCC(=O)O)n1CC(=O)NC(C)(C)C. The van der Waals surface area contributed by atoms with Crippen molar-refractivity contribution in [3.8, 4) is 0 Å². The molecule has 1 heterocycles. The van der Waals surface area contributed by atoms with Gasteiger partial charge in [-0.3, -0.25) is 9.59 Å². The minimum Gasteiger partial charge on any atom is -0.481 e. The van der Waals surface area contributed by atoms with Crippen LogP contribution in [0.2, 0.25) is 0 Å². The molecule has 2 N–H and O–H groups in total. The molecule has 118 valence electrons. The number of thioether (sulfide) groups is 1. The maximum atomic E-state index is 12.1. The zero-order valence-electron chi connectivity index (χ0n) is 13.1. The molecule has 0 aromatic carbocycles. The number of hydrogen-bond donors (Lipinski definition) is 2. The van der Waals surface area contributed by atoms with Gasteiger partial charge in [0.1, 0.15) is 6.54 Å². The van der Waals surface area contributed by atoms with E-state index in [0.717, 1.165) is 17.5 Å². The van der Waals surface area contributed by atoms with E-state index < -0.39 is 5.97 Å². The van der Waals surface area contributed by atoms with E-state index in [1.165, 1.54) is 0 Å². The summed E-state index contributed by atoms with van der Waals surface area (Å²) < 4.78 is 1.79. The summed E-state index contributed by atoms with van der Waals surface area (Å²) in [6.45, 7) is 9.93. The van der Waals surface area contributed by atoms with Crippen molar-refractivity contribution in [2.75, 3.05) is 5.75 Å². The highest BCUT2D eigenvalue weighted by Gasteiger charge is 2.19. The van der Waals surface area contributed by atoms with Crippen LogP contribution in [0.5, 0.6) is 0 Å². The van der Waals surface area contributed by atoms with Gasteiger partial charge in [0.05, 0.1) is 5.75 Å². The van der Waals surface area contributed by atoms with Gasteiger partial charge in [-0.25, -0.2) is 4.98 Å². The number of amides is 1. The van der Waals surface area contributed by atoms with Crippen LogP contribution in [0.1, 0.15) is 46.2 Å². The molecule has 1 rings (SSSR count). The smallest absolute Gasteiger partial charge is 0.313 e. The third-order valence-corrected chi connectivity index (χ3v) is 3.56. The normalized spacial score (nSPS) is 11.7. The van der Waals surface area contributed by atoms with E-state index in [4.69, 9.17) is 5.11 Å². The fraction of sp³-hybridized carbons (Fsp3) is 0.643. The largest absolute Gasteiger partial charge is 0.481 e. The number of carbonyl (C=O) groups excluding carboxylic acids is 1. The third kappa shape index (κ3) is 5.79. The molecule has 0 unspecified atom stereocenters. The van der Waals surface area contributed by atoms with E-state index in [0.29, 0.717) is 5.16 Å². The van der Waals surface area contributed by atoms with E-state index in [9.17, 15) is 9.59 Å². The number of imidazole rings is 1. The van der Waals surface area contributed by atoms with Crippen molar-refractivity contribution < 1.29 is 14.7 Å². The van der Waals surface area contributed by atoms with Gasteiger partial charge in [0.2, 0.25) is 5.91 Å². The maximum Gasteiger partial charge on any atom is 0.313 e. The zero-order chi connectivity index (χ0) is 16.2. The summed E-state index contributed by atoms with van der Waals surface area (Å²) in [5.74, 6) is -0.881. The minimum atomic E-state index is -0.903. The van der Waals surface area contributed by atoms with Gasteiger partial charge in [-0.1, -0.05) is 25.6 Å². The van der Waals surface area contributed by atoms with Crippen molar-refractivity contribution in [3.05, 3.63) is 11.9 Å². The molecule has 0 spiro atoms. The lowest BCUT2D eigenvalue weighted by molar-refractivity contribution is -0.134. The second kappa shape index (κ2) is 6.98. The van der Waals surface area contributed by atoms with E-state index in [-0.39, 0.29) is 29.7 Å². The summed E-state index contributed by atoms with van der Waals surface area (Å²) in [6, 6.07) is 0. The number of carboxylic acid groups (broad SMARTS) is 1. The van der Waals surface area contributed by atoms with Crippen LogP contribution in [-0.4, -0.2) is 37.8 Å². The molecule has 0 aliphatic rings. The number of aromatic nitrogens is 2. The Labute approximate surface area is 129 Å². The molecule has 21 heavy (non-hydrogen) atoms. The number of carboxylic acids is 1. The van der Waals surface area contributed by atoms with Crippen LogP contribution in [0.3, 0.4) is 0 Å². The zero-order valence-corrected chi connectivity index (χ0v) is 14.0. The Morgan fingerprint density at radius 1 is 1.43 bits per heavy atom. The summed E-state index contributed by atoms with van der Waals surface area (Å²) in [7, 11) is 0.